The Morgan fingerprint density at radius 1 is 0.852 bits per heavy atom. The van der Waals surface area contributed by atoms with Gasteiger partial charge in [-0.15, -0.1) is 10.2 Å². The van der Waals surface area contributed by atoms with Crippen molar-refractivity contribution in [1.82, 2.24) is 30.0 Å². The first-order chi connectivity index (χ1) is 13.2. The SMILES string of the molecule is Clc1ccc(-c2cc(-c3nnc4sc(-c5ccc(Cl)cc5)nn34)[nH]n2)cc1. The largest absolute Gasteiger partial charge is 0.274 e. The maximum atomic E-state index is 5.96. The Bertz CT molecular complexity index is 1240. The number of H-pyrrole nitrogens is 1. The summed E-state index contributed by atoms with van der Waals surface area (Å²) >= 11 is 13.4. The van der Waals surface area contributed by atoms with Gasteiger partial charge < -0.3 is 0 Å². The summed E-state index contributed by atoms with van der Waals surface area (Å²) in [5.74, 6) is 0.606. The molecule has 5 rings (SSSR count). The summed E-state index contributed by atoms with van der Waals surface area (Å²) in [6.07, 6.45) is 0. The third-order valence-corrected chi connectivity index (χ3v) is 5.49. The van der Waals surface area contributed by atoms with E-state index in [0.29, 0.717) is 20.8 Å². The first-order valence-electron chi connectivity index (χ1n) is 7.97. The quantitative estimate of drug-likeness (QED) is 0.440. The molecule has 0 saturated heterocycles. The molecule has 0 fully saturated rings. The molecule has 0 radical (unpaired) electrons. The second-order valence-electron chi connectivity index (χ2n) is 5.81. The van der Waals surface area contributed by atoms with Gasteiger partial charge in [0.15, 0.2) is 0 Å². The van der Waals surface area contributed by atoms with Crippen molar-refractivity contribution in [3.05, 3.63) is 64.6 Å². The number of hydrogen-bond donors (Lipinski definition) is 1. The van der Waals surface area contributed by atoms with E-state index in [1.54, 1.807) is 4.52 Å². The topological polar surface area (TPSA) is 71.8 Å². The van der Waals surface area contributed by atoms with Crippen LogP contribution in [0.15, 0.2) is 54.6 Å². The maximum Gasteiger partial charge on any atom is 0.235 e. The number of fused-ring (bicyclic) bond motifs is 1. The monoisotopic (exact) mass is 412 g/mol. The van der Waals surface area contributed by atoms with E-state index in [4.69, 9.17) is 23.2 Å². The van der Waals surface area contributed by atoms with Crippen LogP contribution in [0.25, 0.3) is 38.3 Å². The zero-order chi connectivity index (χ0) is 18.4. The first-order valence-corrected chi connectivity index (χ1v) is 9.54. The predicted octanol–water partition coefficient (Wildman–Crippen LogP) is 5.22. The zero-order valence-electron chi connectivity index (χ0n) is 13.6. The Hall–Kier alpha value is -2.74. The van der Waals surface area contributed by atoms with Gasteiger partial charge in [0.1, 0.15) is 10.7 Å². The normalized spacial score (nSPS) is 11.3. The van der Waals surface area contributed by atoms with Crippen molar-refractivity contribution in [1.29, 1.82) is 0 Å². The smallest absolute Gasteiger partial charge is 0.235 e. The van der Waals surface area contributed by atoms with Gasteiger partial charge in [0.05, 0.1) is 5.69 Å². The van der Waals surface area contributed by atoms with Crippen molar-refractivity contribution in [2.75, 3.05) is 0 Å². The molecule has 132 valence electrons. The molecule has 9 heteroatoms. The molecule has 0 spiro atoms. The van der Waals surface area contributed by atoms with E-state index >= 15 is 0 Å². The van der Waals surface area contributed by atoms with E-state index in [2.05, 4.69) is 25.5 Å². The van der Waals surface area contributed by atoms with Crippen molar-refractivity contribution in [2.45, 2.75) is 0 Å². The number of nitrogens with zero attached hydrogens (tertiary/aromatic N) is 5. The average Bonchev–Trinajstić information content (AvgIpc) is 3.38. The second kappa shape index (κ2) is 6.45. The van der Waals surface area contributed by atoms with Crippen molar-refractivity contribution < 1.29 is 0 Å². The van der Waals surface area contributed by atoms with Crippen LogP contribution in [0.1, 0.15) is 0 Å². The molecule has 0 saturated carbocycles. The number of hydrogen-bond acceptors (Lipinski definition) is 5. The van der Waals surface area contributed by atoms with Gasteiger partial charge in [-0.1, -0.05) is 58.8 Å². The van der Waals surface area contributed by atoms with Gasteiger partial charge in [-0.2, -0.15) is 14.7 Å². The summed E-state index contributed by atoms with van der Waals surface area (Å²) in [5.41, 5.74) is 3.47. The van der Waals surface area contributed by atoms with E-state index < -0.39 is 0 Å². The average molecular weight is 413 g/mol. The van der Waals surface area contributed by atoms with E-state index in [1.807, 2.05) is 54.6 Å². The van der Waals surface area contributed by atoms with Crippen molar-refractivity contribution in [2.24, 2.45) is 0 Å². The molecule has 0 aliphatic carbocycles. The molecule has 0 amide bonds. The van der Waals surface area contributed by atoms with Crippen LogP contribution in [0, 0.1) is 0 Å². The van der Waals surface area contributed by atoms with Crippen molar-refractivity contribution in [3.8, 4) is 33.3 Å². The minimum Gasteiger partial charge on any atom is -0.274 e. The minimum atomic E-state index is 0.606. The maximum absolute atomic E-state index is 5.96. The summed E-state index contributed by atoms with van der Waals surface area (Å²) in [5, 5.41) is 22.7. The highest BCUT2D eigenvalue weighted by Crippen LogP contribution is 2.29. The van der Waals surface area contributed by atoms with E-state index in [9.17, 15) is 0 Å². The minimum absolute atomic E-state index is 0.606. The molecule has 0 bridgehead atoms. The lowest BCUT2D eigenvalue weighted by atomic mass is 10.1. The Balaban J connectivity index is 1.54. The molecule has 3 aromatic heterocycles. The van der Waals surface area contributed by atoms with Crippen LogP contribution in [-0.4, -0.2) is 30.0 Å². The first kappa shape index (κ1) is 16.4. The molecule has 2 aromatic carbocycles. The van der Waals surface area contributed by atoms with E-state index in [0.717, 1.165) is 27.5 Å². The summed E-state index contributed by atoms with van der Waals surface area (Å²) in [6, 6.07) is 17.0. The highest BCUT2D eigenvalue weighted by atomic mass is 35.5. The molecule has 0 aliphatic rings. The Kier molecular flexibility index (Phi) is 3.93. The summed E-state index contributed by atoms with van der Waals surface area (Å²) in [4.78, 5) is 0.706. The van der Waals surface area contributed by atoms with Crippen LogP contribution in [0.3, 0.4) is 0 Å². The summed E-state index contributed by atoms with van der Waals surface area (Å²) in [7, 11) is 0. The van der Waals surface area contributed by atoms with Gasteiger partial charge in [0.2, 0.25) is 10.8 Å². The second-order valence-corrected chi connectivity index (χ2v) is 7.63. The predicted molar refractivity (Wildman–Crippen MR) is 107 cm³/mol. The van der Waals surface area contributed by atoms with Crippen LogP contribution in [0.4, 0.5) is 0 Å². The number of nitrogens with one attached hydrogen (secondary N) is 1. The number of rotatable bonds is 3. The fraction of sp³-hybridized carbons (Fsp3) is 0. The molecular formula is C18H10Cl2N6S. The van der Waals surface area contributed by atoms with Gasteiger partial charge in [-0.3, -0.25) is 5.10 Å². The fourth-order valence-corrected chi connectivity index (χ4v) is 3.80. The highest BCUT2D eigenvalue weighted by molar-refractivity contribution is 7.19. The van der Waals surface area contributed by atoms with Gasteiger partial charge in [-0.05, 0) is 30.3 Å². The molecular weight excluding hydrogens is 403 g/mol. The number of aromatic nitrogens is 6. The molecule has 0 atom stereocenters. The van der Waals surface area contributed by atoms with Gasteiger partial charge in [0.25, 0.3) is 0 Å². The molecule has 27 heavy (non-hydrogen) atoms. The Labute approximate surface area is 167 Å². The van der Waals surface area contributed by atoms with Gasteiger partial charge in [-0.25, -0.2) is 0 Å². The Morgan fingerprint density at radius 3 is 2.22 bits per heavy atom. The molecule has 5 aromatic rings. The molecule has 3 heterocycles. The lowest BCUT2D eigenvalue weighted by molar-refractivity contribution is 0.955. The fourth-order valence-electron chi connectivity index (χ4n) is 2.70. The standard InChI is InChI=1S/C18H10Cl2N6S/c19-12-5-1-10(2-6-12)14-9-15(22-21-14)16-23-24-18-26(16)25-17(27-18)11-3-7-13(20)8-4-11/h1-9H,(H,21,22). The summed E-state index contributed by atoms with van der Waals surface area (Å²) < 4.78 is 1.72. The number of halogens is 2. The number of aromatic amines is 1. The number of benzene rings is 2. The zero-order valence-corrected chi connectivity index (χ0v) is 15.9. The van der Waals surface area contributed by atoms with Gasteiger partial charge >= 0.3 is 0 Å². The van der Waals surface area contributed by atoms with Crippen molar-refractivity contribution >= 4 is 39.5 Å². The Morgan fingerprint density at radius 2 is 1.52 bits per heavy atom. The van der Waals surface area contributed by atoms with Crippen LogP contribution >= 0.6 is 34.5 Å². The van der Waals surface area contributed by atoms with Gasteiger partial charge in [0, 0.05) is 21.2 Å². The molecule has 0 aliphatic heterocycles. The third-order valence-electron chi connectivity index (χ3n) is 4.04. The molecule has 0 unspecified atom stereocenters. The van der Waals surface area contributed by atoms with Crippen LogP contribution in [0.2, 0.25) is 10.0 Å². The van der Waals surface area contributed by atoms with Crippen molar-refractivity contribution in [3.63, 3.8) is 0 Å². The van der Waals surface area contributed by atoms with Crippen LogP contribution in [0.5, 0.6) is 0 Å². The van der Waals surface area contributed by atoms with E-state index in [1.165, 1.54) is 11.3 Å². The lowest BCUT2D eigenvalue weighted by Gasteiger charge is -1.95. The molecule has 1 N–H and O–H groups in total. The van der Waals surface area contributed by atoms with E-state index in [-0.39, 0.29) is 0 Å². The molecule has 6 nitrogen and oxygen atoms in total. The third kappa shape index (κ3) is 2.99. The highest BCUT2D eigenvalue weighted by Gasteiger charge is 2.16. The summed E-state index contributed by atoms with van der Waals surface area (Å²) in [6.45, 7) is 0. The van der Waals surface area contributed by atoms with Crippen LogP contribution < -0.4 is 0 Å². The van der Waals surface area contributed by atoms with Crippen LogP contribution in [-0.2, 0) is 0 Å². The lowest BCUT2D eigenvalue weighted by Crippen LogP contribution is -1.91.